The molecule has 0 unspecified atom stereocenters. The van der Waals surface area contributed by atoms with Gasteiger partial charge in [-0.15, -0.1) is 0 Å². The van der Waals surface area contributed by atoms with Gasteiger partial charge in [0.25, 0.3) is 0 Å². The Hall–Kier alpha value is -3.52. The first-order chi connectivity index (χ1) is 13.4. The van der Waals surface area contributed by atoms with Gasteiger partial charge in [-0.2, -0.15) is 0 Å². The fourth-order valence-electron chi connectivity index (χ4n) is 2.20. The second-order valence-corrected chi connectivity index (χ2v) is 5.48. The third-order valence-corrected chi connectivity index (χ3v) is 3.45. The number of benzene rings is 2. The molecule has 0 fully saturated rings. The van der Waals surface area contributed by atoms with Gasteiger partial charge in [0.2, 0.25) is 0 Å². The van der Waals surface area contributed by atoms with E-state index in [1.165, 1.54) is 38.3 Å². The molecule has 0 aliphatic rings. The van der Waals surface area contributed by atoms with E-state index in [4.69, 9.17) is 14.2 Å². The molecule has 2 rings (SSSR count). The van der Waals surface area contributed by atoms with Crippen LogP contribution in [-0.2, 0) is 19.1 Å². The van der Waals surface area contributed by atoms with Crippen molar-refractivity contribution in [2.75, 3.05) is 20.3 Å². The molecule has 28 heavy (non-hydrogen) atoms. The van der Waals surface area contributed by atoms with Crippen molar-refractivity contribution in [3.8, 4) is 11.5 Å². The van der Waals surface area contributed by atoms with Gasteiger partial charge >= 0.3 is 17.9 Å². The van der Waals surface area contributed by atoms with Gasteiger partial charge in [0.05, 0.1) is 12.7 Å². The zero-order valence-corrected chi connectivity index (χ0v) is 15.3. The van der Waals surface area contributed by atoms with Crippen LogP contribution in [0.3, 0.4) is 0 Å². The van der Waals surface area contributed by atoms with Crippen LogP contribution in [0.4, 0.5) is 0 Å². The summed E-state index contributed by atoms with van der Waals surface area (Å²) in [7, 11) is 1.21. The highest BCUT2D eigenvalue weighted by atomic mass is 16.6. The van der Waals surface area contributed by atoms with Crippen LogP contribution in [0, 0.1) is 0 Å². The van der Waals surface area contributed by atoms with E-state index in [2.05, 4.69) is 4.74 Å². The average Bonchev–Trinajstić information content (AvgIpc) is 2.68. The van der Waals surface area contributed by atoms with Crippen LogP contribution < -0.4 is 9.47 Å². The van der Waals surface area contributed by atoms with Gasteiger partial charge in [-0.25, -0.2) is 14.4 Å². The van der Waals surface area contributed by atoms with Crippen molar-refractivity contribution in [3.63, 3.8) is 0 Å². The van der Waals surface area contributed by atoms with E-state index in [0.29, 0.717) is 0 Å². The van der Waals surface area contributed by atoms with Crippen LogP contribution in [0.5, 0.6) is 11.5 Å². The highest BCUT2D eigenvalue weighted by Gasteiger charge is 2.16. The molecule has 0 aliphatic heterocycles. The van der Waals surface area contributed by atoms with Crippen LogP contribution in [0.1, 0.15) is 27.6 Å². The van der Waals surface area contributed by atoms with Gasteiger partial charge in [0, 0.05) is 0 Å². The van der Waals surface area contributed by atoms with Crippen molar-refractivity contribution in [2.24, 2.45) is 0 Å². The second kappa shape index (κ2) is 9.98. The molecular formula is C20H18O8. The van der Waals surface area contributed by atoms with E-state index < -0.39 is 31.1 Å². The van der Waals surface area contributed by atoms with Crippen LogP contribution in [0.15, 0.2) is 48.5 Å². The van der Waals surface area contributed by atoms with E-state index in [9.17, 15) is 19.2 Å². The van der Waals surface area contributed by atoms with Gasteiger partial charge in [-0.1, -0.05) is 24.3 Å². The maximum Gasteiger partial charge on any atom is 0.341 e. The van der Waals surface area contributed by atoms with Gasteiger partial charge in [-0.3, -0.25) is 4.79 Å². The van der Waals surface area contributed by atoms with Gasteiger partial charge in [-0.05, 0) is 31.2 Å². The number of carbonyl (C=O) groups is 4. The smallest absolute Gasteiger partial charge is 0.341 e. The van der Waals surface area contributed by atoms with Crippen molar-refractivity contribution in [3.05, 3.63) is 59.7 Å². The molecule has 0 spiro atoms. The molecule has 8 nitrogen and oxygen atoms in total. The lowest BCUT2D eigenvalue weighted by atomic mass is 10.1. The predicted molar refractivity (Wildman–Crippen MR) is 96.3 cm³/mol. The number of ether oxygens (including phenoxy) is 4. The van der Waals surface area contributed by atoms with Crippen LogP contribution in [0.25, 0.3) is 0 Å². The van der Waals surface area contributed by atoms with Gasteiger partial charge in [0.15, 0.2) is 5.78 Å². The molecule has 2 aromatic rings. The molecular weight excluding hydrogens is 368 g/mol. The Morgan fingerprint density at radius 2 is 1.21 bits per heavy atom. The molecule has 0 aromatic heterocycles. The van der Waals surface area contributed by atoms with Crippen molar-refractivity contribution < 1.29 is 38.1 Å². The lowest BCUT2D eigenvalue weighted by Gasteiger charge is -2.09. The van der Waals surface area contributed by atoms with E-state index >= 15 is 0 Å². The standard InChI is InChI=1S/C20H18O8/c1-13(21)14-7-3-5-9-16(14)27-18(22)11-26-12-19(23)28-17-10-6-4-8-15(17)20(24)25-2/h3-10H,11-12H2,1-2H3. The minimum Gasteiger partial charge on any atom is -0.465 e. The molecule has 0 atom stereocenters. The van der Waals surface area contributed by atoms with Gasteiger partial charge < -0.3 is 18.9 Å². The zero-order chi connectivity index (χ0) is 20.5. The Bertz CT molecular complexity index is 887. The normalized spacial score (nSPS) is 10.1. The Labute approximate surface area is 161 Å². The number of esters is 3. The fourth-order valence-corrected chi connectivity index (χ4v) is 2.20. The quantitative estimate of drug-likeness (QED) is 0.386. The summed E-state index contributed by atoms with van der Waals surface area (Å²) >= 11 is 0. The maximum atomic E-state index is 11.9. The summed E-state index contributed by atoms with van der Waals surface area (Å²) in [5.41, 5.74) is 0.341. The van der Waals surface area contributed by atoms with E-state index in [0.717, 1.165) is 0 Å². The highest BCUT2D eigenvalue weighted by molar-refractivity contribution is 5.97. The third kappa shape index (κ3) is 5.75. The van der Waals surface area contributed by atoms with Gasteiger partial charge in [0.1, 0.15) is 30.3 Å². The highest BCUT2D eigenvalue weighted by Crippen LogP contribution is 2.19. The summed E-state index contributed by atoms with van der Waals surface area (Å²) in [6.45, 7) is 0.282. The molecule has 146 valence electrons. The number of methoxy groups -OCH3 is 1. The Morgan fingerprint density at radius 3 is 1.71 bits per heavy atom. The Kier molecular flexibility index (Phi) is 7.41. The molecule has 0 radical (unpaired) electrons. The Balaban J connectivity index is 1.85. The third-order valence-electron chi connectivity index (χ3n) is 3.45. The van der Waals surface area contributed by atoms with Crippen molar-refractivity contribution in [1.29, 1.82) is 0 Å². The van der Waals surface area contributed by atoms with Crippen LogP contribution in [-0.4, -0.2) is 44.0 Å². The number of hydrogen-bond acceptors (Lipinski definition) is 8. The van der Waals surface area contributed by atoms with E-state index in [1.807, 2.05) is 0 Å². The molecule has 0 bridgehead atoms. The lowest BCUT2D eigenvalue weighted by molar-refractivity contribution is -0.145. The number of Topliss-reactive ketones (excluding diaryl/α,β-unsaturated/α-hetero) is 1. The summed E-state index contributed by atoms with van der Waals surface area (Å²) in [5, 5.41) is 0. The molecule has 0 amide bonds. The predicted octanol–water partition coefficient (Wildman–Crippen LogP) is 2.20. The van der Waals surface area contributed by atoms with Crippen molar-refractivity contribution >= 4 is 23.7 Å². The molecule has 0 N–H and O–H groups in total. The average molecular weight is 386 g/mol. The summed E-state index contributed by atoms with van der Waals surface area (Å²) in [5.74, 6) is -2.38. The molecule has 2 aromatic carbocycles. The molecule has 0 saturated heterocycles. The van der Waals surface area contributed by atoms with E-state index in [-0.39, 0.29) is 28.4 Å². The van der Waals surface area contributed by atoms with Crippen molar-refractivity contribution in [2.45, 2.75) is 6.92 Å². The fraction of sp³-hybridized carbons (Fsp3) is 0.200. The number of para-hydroxylation sites is 2. The molecule has 0 aliphatic carbocycles. The topological polar surface area (TPSA) is 105 Å². The maximum absolute atomic E-state index is 11.9. The molecule has 8 heteroatoms. The minimum absolute atomic E-state index is 0.0147. The number of ketones is 1. The largest absolute Gasteiger partial charge is 0.465 e. The minimum atomic E-state index is -0.812. The first-order valence-electron chi connectivity index (χ1n) is 8.18. The summed E-state index contributed by atoms with van der Waals surface area (Å²) < 4.78 is 19.7. The number of carbonyl (C=O) groups excluding carboxylic acids is 4. The number of rotatable bonds is 8. The summed E-state index contributed by atoms with van der Waals surface area (Å²) in [4.78, 5) is 46.8. The summed E-state index contributed by atoms with van der Waals surface area (Å²) in [6.07, 6.45) is 0. The first-order valence-corrected chi connectivity index (χ1v) is 8.18. The van der Waals surface area contributed by atoms with Crippen molar-refractivity contribution in [1.82, 2.24) is 0 Å². The molecule has 0 saturated carbocycles. The number of hydrogen-bond donors (Lipinski definition) is 0. The lowest BCUT2D eigenvalue weighted by Crippen LogP contribution is -2.22. The monoisotopic (exact) mass is 386 g/mol. The zero-order valence-electron chi connectivity index (χ0n) is 15.3. The summed E-state index contributed by atoms with van der Waals surface area (Å²) in [6, 6.07) is 12.3. The molecule has 0 heterocycles. The van der Waals surface area contributed by atoms with E-state index in [1.54, 1.807) is 24.3 Å². The second-order valence-electron chi connectivity index (χ2n) is 5.48. The first kappa shape index (κ1) is 20.8. The van der Waals surface area contributed by atoms with Crippen LogP contribution in [0.2, 0.25) is 0 Å². The SMILES string of the molecule is COC(=O)c1ccccc1OC(=O)COCC(=O)Oc1ccccc1C(C)=O. The Morgan fingerprint density at radius 1 is 0.750 bits per heavy atom. The van der Waals surface area contributed by atoms with Crippen LogP contribution >= 0.6 is 0 Å².